The molecule has 0 aromatic heterocycles. The van der Waals surface area contributed by atoms with Gasteiger partial charge in [-0.3, -0.25) is 9.59 Å². The van der Waals surface area contributed by atoms with Gasteiger partial charge in [-0.05, 0) is 47.7 Å². The van der Waals surface area contributed by atoms with Crippen LogP contribution in [0.2, 0.25) is 10.0 Å². The molecule has 0 spiro atoms. The van der Waals surface area contributed by atoms with Crippen LogP contribution in [0.25, 0.3) is 11.1 Å². The fraction of sp³-hybridized carbons (Fsp3) is 0.364. The van der Waals surface area contributed by atoms with Gasteiger partial charge in [0.2, 0.25) is 0 Å². The summed E-state index contributed by atoms with van der Waals surface area (Å²) in [6, 6.07) is 11.3. The third-order valence-corrected chi connectivity index (χ3v) is 5.88. The molecule has 2 nitrogen and oxygen atoms in total. The largest absolute Gasteiger partial charge is 0.299 e. The molecule has 3 rings (SSSR count). The Labute approximate surface area is 164 Å². The summed E-state index contributed by atoms with van der Waals surface area (Å²) >= 11 is 12.4. The predicted molar refractivity (Wildman–Crippen MR) is 107 cm³/mol. The lowest BCUT2D eigenvalue weighted by Gasteiger charge is -2.33. The van der Waals surface area contributed by atoms with Crippen molar-refractivity contribution < 1.29 is 9.59 Å². The van der Waals surface area contributed by atoms with E-state index >= 15 is 0 Å². The first-order valence-corrected chi connectivity index (χ1v) is 9.65. The van der Waals surface area contributed by atoms with Crippen molar-refractivity contribution >= 4 is 34.8 Å². The molecule has 0 N–H and O–H groups in total. The van der Waals surface area contributed by atoms with Crippen LogP contribution in [-0.4, -0.2) is 11.6 Å². The Bertz CT molecular complexity index is 884. The molecular weight excluding hydrogens is 367 g/mol. The van der Waals surface area contributed by atoms with Crippen LogP contribution in [-0.2, 0) is 16.0 Å². The van der Waals surface area contributed by atoms with Crippen molar-refractivity contribution in [1.29, 1.82) is 0 Å². The van der Waals surface area contributed by atoms with Crippen molar-refractivity contribution in [3.8, 4) is 11.1 Å². The Kier molecular flexibility index (Phi) is 5.28. The van der Waals surface area contributed by atoms with Gasteiger partial charge >= 0.3 is 0 Å². The van der Waals surface area contributed by atoms with Gasteiger partial charge < -0.3 is 0 Å². The fourth-order valence-electron chi connectivity index (χ4n) is 3.63. The topological polar surface area (TPSA) is 34.1 Å². The minimum Gasteiger partial charge on any atom is -0.299 e. The molecule has 0 saturated heterocycles. The monoisotopic (exact) mass is 388 g/mol. The van der Waals surface area contributed by atoms with Crippen molar-refractivity contribution in [2.24, 2.45) is 5.41 Å². The second kappa shape index (κ2) is 7.17. The third-order valence-electron chi connectivity index (χ3n) is 5.33. The summed E-state index contributed by atoms with van der Waals surface area (Å²) in [6.07, 6.45) is 1.82. The van der Waals surface area contributed by atoms with E-state index in [1.807, 2.05) is 45.0 Å². The van der Waals surface area contributed by atoms with Crippen molar-refractivity contribution in [1.82, 2.24) is 0 Å². The molecule has 1 saturated carbocycles. The van der Waals surface area contributed by atoms with Gasteiger partial charge in [-0.15, -0.1) is 0 Å². The number of carbonyl (C=O) groups excluding carboxylic acids is 2. The molecule has 1 aliphatic carbocycles. The maximum atomic E-state index is 13.0. The molecule has 0 amide bonds. The number of hydrogen-bond acceptors (Lipinski definition) is 2. The highest BCUT2D eigenvalue weighted by Crippen LogP contribution is 2.41. The Hall–Kier alpha value is -1.64. The Morgan fingerprint density at radius 1 is 1.08 bits per heavy atom. The first-order valence-electron chi connectivity index (χ1n) is 8.90. The van der Waals surface area contributed by atoms with E-state index in [0.29, 0.717) is 22.9 Å². The van der Waals surface area contributed by atoms with Gasteiger partial charge in [0.15, 0.2) is 5.78 Å². The maximum absolute atomic E-state index is 13.0. The second-order valence-electron chi connectivity index (χ2n) is 7.54. The van der Waals surface area contributed by atoms with Crippen LogP contribution in [0.5, 0.6) is 0 Å². The van der Waals surface area contributed by atoms with Crippen LogP contribution in [0, 0.1) is 5.41 Å². The molecule has 0 aliphatic heterocycles. The lowest BCUT2D eigenvalue weighted by molar-refractivity contribution is -0.139. The van der Waals surface area contributed by atoms with E-state index in [-0.39, 0.29) is 11.6 Å². The number of carbonyl (C=O) groups is 2. The number of rotatable bonds is 3. The highest BCUT2D eigenvalue weighted by Gasteiger charge is 2.43. The van der Waals surface area contributed by atoms with E-state index in [4.69, 9.17) is 23.2 Å². The molecule has 1 fully saturated rings. The van der Waals surface area contributed by atoms with Crippen LogP contribution in [0.4, 0.5) is 0 Å². The average Bonchev–Trinajstić information content (AvgIpc) is 2.59. The first-order chi connectivity index (χ1) is 12.2. The van der Waals surface area contributed by atoms with Gasteiger partial charge in [0.05, 0.1) is 0 Å². The van der Waals surface area contributed by atoms with Crippen LogP contribution >= 0.6 is 23.2 Å². The zero-order chi connectivity index (χ0) is 19.1. The number of ketones is 2. The fourth-order valence-corrected chi connectivity index (χ4v) is 4.15. The summed E-state index contributed by atoms with van der Waals surface area (Å²) in [5, 5.41) is 1.12. The molecule has 136 valence electrons. The van der Waals surface area contributed by atoms with Gasteiger partial charge in [-0.25, -0.2) is 0 Å². The van der Waals surface area contributed by atoms with Crippen LogP contribution in [0.15, 0.2) is 36.4 Å². The van der Waals surface area contributed by atoms with Crippen molar-refractivity contribution in [2.75, 3.05) is 0 Å². The van der Waals surface area contributed by atoms with Gasteiger partial charge in [0.1, 0.15) is 11.7 Å². The molecule has 2 aromatic carbocycles. The number of benzene rings is 2. The van der Waals surface area contributed by atoms with E-state index in [0.717, 1.165) is 28.7 Å². The Balaban J connectivity index is 2.14. The quantitative estimate of drug-likeness (QED) is 0.580. The Morgan fingerprint density at radius 3 is 2.46 bits per heavy atom. The van der Waals surface area contributed by atoms with Crippen molar-refractivity contribution in [3.63, 3.8) is 0 Å². The molecule has 1 unspecified atom stereocenters. The summed E-state index contributed by atoms with van der Waals surface area (Å²) in [6.45, 7) is 5.90. The summed E-state index contributed by atoms with van der Waals surface area (Å²) in [5.41, 5.74) is 3.11. The number of aryl methyl sites for hydroxylation is 1. The summed E-state index contributed by atoms with van der Waals surface area (Å²) < 4.78 is 0. The molecule has 1 atom stereocenters. The number of halogens is 2. The van der Waals surface area contributed by atoms with E-state index in [2.05, 4.69) is 0 Å². The van der Waals surface area contributed by atoms with Gasteiger partial charge in [0, 0.05) is 27.4 Å². The van der Waals surface area contributed by atoms with Crippen LogP contribution in [0.1, 0.15) is 50.7 Å². The molecular formula is C22H22Cl2O2. The lowest BCUT2D eigenvalue weighted by atomic mass is 9.67. The molecule has 2 aromatic rings. The van der Waals surface area contributed by atoms with Gasteiger partial charge in [-0.1, -0.05) is 62.2 Å². The minimum atomic E-state index is -0.681. The van der Waals surface area contributed by atoms with Crippen molar-refractivity contribution in [3.05, 3.63) is 57.6 Å². The number of hydrogen-bond donors (Lipinski definition) is 0. The maximum Gasteiger partial charge on any atom is 0.153 e. The van der Waals surface area contributed by atoms with E-state index in [1.54, 1.807) is 12.1 Å². The highest BCUT2D eigenvalue weighted by atomic mass is 35.5. The average molecular weight is 389 g/mol. The minimum absolute atomic E-state index is 0.0165. The van der Waals surface area contributed by atoms with E-state index < -0.39 is 11.3 Å². The van der Waals surface area contributed by atoms with Gasteiger partial charge in [0.25, 0.3) is 0 Å². The molecule has 0 bridgehead atoms. The molecule has 26 heavy (non-hydrogen) atoms. The number of Topliss-reactive ketones (excluding diaryl/α,β-unsaturated/α-hetero) is 2. The predicted octanol–water partition coefficient (Wildman–Crippen LogP) is 6.26. The van der Waals surface area contributed by atoms with E-state index in [9.17, 15) is 9.59 Å². The van der Waals surface area contributed by atoms with E-state index in [1.165, 1.54) is 0 Å². The van der Waals surface area contributed by atoms with Crippen LogP contribution < -0.4 is 0 Å². The Morgan fingerprint density at radius 2 is 1.81 bits per heavy atom. The first kappa shape index (κ1) is 19.1. The summed E-state index contributed by atoms with van der Waals surface area (Å²) in [4.78, 5) is 25.7. The SMILES string of the molecule is CCc1ccc(-c2ccc(Cl)cc2Cl)cc1C1C(=O)CCC(C)(C)C1=O. The molecule has 4 heteroatoms. The smallest absolute Gasteiger partial charge is 0.153 e. The summed E-state index contributed by atoms with van der Waals surface area (Å²) in [5.74, 6) is -0.647. The molecule has 0 heterocycles. The van der Waals surface area contributed by atoms with Crippen LogP contribution in [0.3, 0.4) is 0 Å². The highest BCUT2D eigenvalue weighted by molar-refractivity contribution is 6.36. The second-order valence-corrected chi connectivity index (χ2v) is 8.38. The standard InChI is InChI=1S/C22H22Cl2O2/c1-4-13-5-6-14(16-8-7-15(23)12-18(16)24)11-17(13)20-19(25)9-10-22(2,3)21(20)26/h5-8,11-12,20H,4,9-10H2,1-3H3. The zero-order valence-corrected chi connectivity index (χ0v) is 16.7. The molecule has 0 radical (unpaired) electrons. The molecule has 1 aliphatic rings. The zero-order valence-electron chi connectivity index (χ0n) is 15.2. The van der Waals surface area contributed by atoms with Gasteiger partial charge in [-0.2, -0.15) is 0 Å². The lowest BCUT2D eigenvalue weighted by Crippen LogP contribution is -2.39. The summed E-state index contributed by atoms with van der Waals surface area (Å²) in [7, 11) is 0. The normalized spacial score (nSPS) is 19.7. The van der Waals surface area contributed by atoms with Crippen molar-refractivity contribution in [2.45, 2.75) is 46.0 Å². The third kappa shape index (κ3) is 3.45.